The van der Waals surface area contributed by atoms with Gasteiger partial charge in [-0.1, -0.05) is 88.2 Å². The van der Waals surface area contributed by atoms with Gasteiger partial charge in [0, 0.05) is 23.6 Å². The molecule has 3 aliphatic rings. The number of nitrogens with zero attached hydrogens (tertiary/aromatic N) is 1. The number of hydrogen-bond donors (Lipinski definition) is 2. The van der Waals surface area contributed by atoms with Crippen molar-refractivity contribution in [1.82, 2.24) is 5.32 Å². The molecule has 35 heavy (non-hydrogen) atoms. The quantitative estimate of drug-likeness (QED) is 0.392. The van der Waals surface area contributed by atoms with Crippen LogP contribution in [0.2, 0.25) is 0 Å². The Morgan fingerprint density at radius 2 is 1.60 bits per heavy atom. The Morgan fingerprint density at radius 1 is 1.03 bits per heavy atom. The van der Waals surface area contributed by atoms with Gasteiger partial charge in [0.2, 0.25) is 0 Å². The van der Waals surface area contributed by atoms with Crippen molar-refractivity contribution >= 4 is 5.71 Å². The molecule has 0 aromatic carbocycles. The second-order valence-corrected chi connectivity index (χ2v) is 10.1. The summed E-state index contributed by atoms with van der Waals surface area (Å²) < 4.78 is 6.31. The minimum atomic E-state index is 0.169. The largest absolute Gasteiger partial charge is 0.459 e. The predicted octanol–water partition coefficient (Wildman–Crippen LogP) is 8.58. The summed E-state index contributed by atoms with van der Waals surface area (Å²) >= 11 is 0. The summed E-state index contributed by atoms with van der Waals surface area (Å²) in [5, 5.41) is 13.3. The van der Waals surface area contributed by atoms with E-state index in [1.807, 2.05) is 27.7 Å². The molecule has 2 unspecified atom stereocenters. The molecular weight excluding hydrogens is 432 g/mol. The van der Waals surface area contributed by atoms with E-state index in [4.69, 9.17) is 9.73 Å². The number of ether oxygens (including phenoxy) is 1. The van der Waals surface area contributed by atoms with E-state index in [1.54, 1.807) is 0 Å². The molecule has 0 amide bonds. The lowest BCUT2D eigenvalue weighted by Gasteiger charge is -2.22. The van der Waals surface area contributed by atoms with E-state index in [9.17, 15) is 5.11 Å². The Kier molecular flexibility index (Phi) is 18.1. The molecule has 0 spiro atoms. The van der Waals surface area contributed by atoms with Crippen LogP contribution in [0.1, 0.15) is 121 Å². The van der Waals surface area contributed by atoms with Crippen LogP contribution in [0.15, 0.2) is 39.9 Å². The van der Waals surface area contributed by atoms with Gasteiger partial charge in [-0.05, 0) is 56.9 Å². The number of rotatable bonds is 6. The van der Waals surface area contributed by atoms with Gasteiger partial charge in [0.15, 0.2) is 0 Å². The van der Waals surface area contributed by atoms with Gasteiger partial charge in [-0.15, -0.1) is 0 Å². The van der Waals surface area contributed by atoms with E-state index >= 15 is 0 Å². The first-order valence-corrected chi connectivity index (χ1v) is 14.6. The number of nitrogens with one attached hydrogen (secondary N) is 1. The Hall–Kier alpha value is -1.39. The van der Waals surface area contributed by atoms with Crippen molar-refractivity contribution in [1.29, 1.82) is 0 Å². The summed E-state index contributed by atoms with van der Waals surface area (Å²) in [7, 11) is 0. The zero-order valence-corrected chi connectivity index (χ0v) is 25.0. The van der Waals surface area contributed by atoms with Crippen LogP contribution in [0.4, 0.5) is 0 Å². The minimum Gasteiger partial charge on any atom is -0.459 e. The molecule has 1 saturated heterocycles. The van der Waals surface area contributed by atoms with Crippen LogP contribution in [-0.4, -0.2) is 29.5 Å². The lowest BCUT2D eigenvalue weighted by Crippen LogP contribution is -2.39. The molecule has 4 heteroatoms. The fourth-order valence-corrected chi connectivity index (χ4v) is 4.15. The highest BCUT2D eigenvalue weighted by Gasteiger charge is 2.40. The maximum atomic E-state index is 9.65. The minimum absolute atomic E-state index is 0.169. The van der Waals surface area contributed by atoms with Crippen molar-refractivity contribution in [2.75, 3.05) is 6.61 Å². The number of aliphatic hydroxyl groups excluding tert-OH is 1. The van der Waals surface area contributed by atoms with Crippen molar-refractivity contribution in [3.8, 4) is 0 Å². The number of aliphatic imine (C=N–C) groups is 1. The van der Waals surface area contributed by atoms with Crippen molar-refractivity contribution in [2.24, 2.45) is 22.7 Å². The molecule has 3 rings (SSSR count). The Labute approximate surface area is 218 Å². The summed E-state index contributed by atoms with van der Waals surface area (Å²) in [5.74, 6) is 3.87. The van der Waals surface area contributed by atoms with Crippen molar-refractivity contribution < 1.29 is 9.84 Å². The van der Waals surface area contributed by atoms with Crippen LogP contribution in [-0.2, 0) is 4.74 Å². The molecule has 0 aromatic heterocycles. The third-order valence-corrected chi connectivity index (χ3v) is 5.72. The van der Waals surface area contributed by atoms with Gasteiger partial charge in [0.25, 0.3) is 0 Å². The lowest BCUT2D eigenvalue weighted by molar-refractivity contribution is 0.233. The normalized spacial score (nSPS) is 24.8. The van der Waals surface area contributed by atoms with Gasteiger partial charge in [0.05, 0.1) is 12.3 Å². The first-order chi connectivity index (χ1) is 16.8. The number of allylic oxidation sites excluding steroid dienone is 4. The standard InChI is InChI=1S/C23H36N2O2.C4H10.2C2H6/c1-5-9-20-22(21(16-12-13-16)23(27-20)15(3)4)25-18(6-2)19-11-8-7-10-17(14-26)24-19;1-4(2)3;2*1-2/h6,9,15-17,19,24,26H,5,7-8,10-14H2,1-4H3;4H,1-3H3;2*1-2H3/b18-6-,20-9-,25-22-;;;. The topological polar surface area (TPSA) is 53.9 Å². The first-order valence-electron chi connectivity index (χ1n) is 14.6. The second kappa shape index (κ2) is 18.8. The molecule has 2 heterocycles. The Balaban J connectivity index is 0.00000129. The summed E-state index contributed by atoms with van der Waals surface area (Å²) in [6, 6.07) is 0.372. The summed E-state index contributed by atoms with van der Waals surface area (Å²) in [6.07, 6.45) is 12.2. The van der Waals surface area contributed by atoms with Gasteiger partial charge in [0.1, 0.15) is 17.2 Å². The molecule has 1 aliphatic carbocycles. The van der Waals surface area contributed by atoms with E-state index in [0.717, 1.165) is 54.5 Å². The van der Waals surface area contributed by atoms with Crippen LogP contribution in [0.3, 0.4) is 0 Å². The highest BCUT2D eigenvalue weighted by Crippen LogP contribution is 2.46. The van der Waals surface area contributed by atoms with Gasteiger partial charge in [-0.2, -0.15) is 0 Å². The van der Waals surface area contributed by atoms with E-state index in [2.05, 4.69) is 65.9 Å². The first kappa shape index (κ1) is 33.6. The van der Waals surface area contributed by atoms with E-state index in [0.29, 0.717) is 11.8 Å². The van der Waals surface area contributed by atoms with Crippen LogP contribution in [0, 0.1) is 17.8 Å². The van der Waals surface area contributed by atoms with Gasteiger partial charge < -0.3 is 15.2 Å². The molecule has 0 bridgehead atoms. The Bertz CT molecular complexity index is 694. The van der Waals surface area contributed by atoms with Gasteiger partial charge >= 0.3 is 0 Å². The van der Waals surface area contributed by atoms with E-state index in [1.165, 1.54) is 24.8 Å². The monoisotopic (exact) mass is 490 g/mol. The summed E-state index contributed by atoms with van der Waals surface area (Å²) in [4.78, 5) is 5.19. The van der Waals surface area contributed by atoms with Crippen LogP contribution < -0.4 is 5.32 Å². The second-order valence-electron chi connectivity index (χ2n) is 10.1. The lowest BCUT2D eigenvalue weighted by atomic mass is 9.99. The third-order valence-electron chi connectivity index (χ3n) is 5.72. The van der Waals surface area contributed by atoms with Gasteiger partial charge in [-0.3, -0.25) is 0 Å². The SMILES string of the molecule is CC.CC.CC(C)C.C\C=C(/N=C1\C(C2CC2)=C(C(C)C)O\C1=C/CC)C1CCCCC(CO)N1. The molecule has 2 fully saturated rings. The molecule has 0 radical (unpaired) electrons. The fraction of sp³-hybridized carbons (Fsp3) is 0.774. The molecule has 1 saturated carbocycles. The molecule has 204 valence electrons. The molecule has 0 aromatic rings. The maximum absolute atomic E-state index is 9.65. The average molecular weight is 491 g/mol. The molecule has 2 atom stereocenters. The van der Waals surface area contributed by atoms with Crippen molar-refractivity contribution in [3.63, 3.8) is 0 Å². The van der Waals surface area contributed by atoms with Crippen LogP contribution in [0.5, 0.6) is 0 Å². The highest BCUT2D eigenvalue weighted by molar-refractivity contribution is 6.14. The number of hydrogen-bond acceptors (Lipinski definition) is 4. The van der Waals surface area contributed by atoms with E-state index < -0.39 is 0 Å². The molecule has 4 nitrogen and oxygen atoms in total. The molecule has 2 N–H and O–H groups in total. The van der Waals surface area contributed by atoms with Crippen molar-refractivity contribution in [3.05, 3.63) is 34.9 Å². The zero-order chi connectivity index (χ0) is 27.0. The average Bonchev–Trinajstić information content (AvgIpc) is 3.65. The molecule has 2 aliphatic heterocycles. The van der Waals surface area contributed by atoms with E-state index in [-0.39, 0.29) is 18.7 Å². The smallest absolute Gasteiger partial charge is 0.149 e. The summed E-state index contributed by atoms with van der Waals surface area (Å²) in [6.45, 7) is 23.3. The highest BCUT2D eigenvalue weighted by atomic mass is 16.5. The van der Waals surface area contributed by atoms with Crippen LogP contribution >= 0.6 is 0 Å². The van der Waals surface area contributed by atoms with Crippen LogP contribution in [0.25, 0.3) is 0 Å². The van der Waals surface area contributed by atoms with Gasteiger partial charge in [-0.25, -0.2) is 4.99 Å². The molecular formula is C31H58N2O2. The number of aliphatic hydroxyl groups is 1. The van der Waals surface area contributed by atoms with Crippen molar-refractivity contribution in [2.45, 2.75) is 133 Å². The maximum Gasteiger partial charge on any atom is 0.149 e. The summed E-state index contributed by atoms with van der Waals surface area (Å²) in [5.41, 5.74) is 3.48. The predicted molar refractivity (Wildman–Crippen MR) is 155 cm³/mol. The Morgan fingerprint density at radius 3 is 2.06 bits per heavy atom. The fourth-order valence-electron chi connectivity index (χ4n) is 4.15. The zero-order valence-electron chi connectivity index (χ0n) is 25.0. The third kappa shape index (κ3) is 11.5.